The lowest BCUT2D eigenvalue weighted by atomic mass is 10.1. The molecule has 0 bridgehead atoms. The molecule has 1 aliphatic rings. The monoisotopic (exact) mass is 320 g/mol. The van der Waals surface area contributed by atoms with Crippen LogP contribution in [-0.2, 0) is 19.4 Å². The third-order valence-corrected chi connectivity index (χ3v) is 4.30. The molecule has 2 N–H and O–H groups in total. The second kappa shape index (κ2) is 9.53. The summed E-state index contributed by atoms with van der Waals surface area (Å²) in [4.78, 5) is 4.28. The molecule has 0 spiro atoms. The number of nitrogens with one attached hydrogen (secondary N) is 2. The van der Waals surface area contributed by atoms with Crippen molar-refractivity contribution in [3.05, 3.63) is 11.6 Å². The molecule has 0 amide bonds. The number of hydrogen-bond donors (Lipinski definition) is 2. The van der Waals surface area contributed by atoms with Crippen molar-refractivity contribution in [1.82, 2.24) is 25.4 Å². The minimum Gasteiger partial charge on any atom is -0.356 e. The molecule has 0 unspecified atom stereocenters. The molecule has 0 saturated heterocycles. The molecule has 6 heteroatoms. The topological polar surface area (TPSA) is 67.1 Å². The lowest BCUT2D eigenvalue weighted by Crippen LogP contribution is -2.39. The van der Waals surface area contributed by atoms with E-state index in [0.29, 0.717) is 0 Å². The lowest BCUT2D eigenvalue weighted by molar-refractivity contribution is 0.549. The minimum absolute atomic E-state index is 0.759. The third-order valence-electron chi connectivity index (χ3n) is 4.30. The van der Waals surface area contributed by atoms with Gasteiger partial charge in [-0.3, -0.25) is 4.99 Å². The molecule has 6 nitrogen and oxygen atoms in total. The maximum absolute atomic E-state index is 4.37. The van der Waals surface area contributed by atoms with Crippen LogP contribution < -0.4 is 10.6 Å². The predicted octanol–water partition coefficient (Wildman–Crippen LogP) is 2.15. The zero-order chi connectivity index (χ0) is 16.5. The second-order valence-corrected chi connectivity index (χ2v) is 6.71. The second-order valence-electron chi connectivity index (χ2n) is 6.71. The van der Waals surface area contributed by atoms with E-state index in [4.69, 9.17) is 0 Å². The van der Waals surface area contributed by atoms with Gasteiger partial charge >= 0.3 is 0 Å². The van der Waals surface area contributed by atoms with E-state index in [1.54, 1.807) is 0 Å². The molecule has 0 fully saturated rings. The number of rotatable bonds is 7. The van der Waals surface area contributed by atoms with Crippen LogP contribution in [0.5, 0.6) is 0 Å². The Balaban J connectivity index is 1.72. The molecule has 0 aliphatic carbocycles. The number of guanidine groups is 1. The van der Waals surface area contributed by atoms with E-state index in [1.165, 1.54) is 32.1 Å². The van der Waals surface area contributed by atoms with E-state index in [1.807, 2.05) is 7.05 Å². The first-order valence-electron chi connectivity index (χ1n) is 9.06. The molecule has 2 rings (SSSR count). The van der Waals surface area contributed by atoms with Crippen LogP contribution in [0, 0.1) is 5.92 Å². The van der Waals surface area contributed by atoms with E-state index in [0.717, 1.165) is 56.0 Å². The van der Waals surface area contributed by atoms with Crippen LogP contribution in [0.1, 0.15) is 57.6 Å². The molecule has 0 aromatic carbocycles. The van der Waals surface area contributed by atoms with E-state index < -0.39 is 0 Å². The van der Waals surface area contributed by atoms with Crippen LogP contribution in [0.2, 0.25) is 0 Å². The average molecular weight is 320 g/mol. The van der Waals surface area contributed by atoms with Gasteiger partial charge in [-0.05, 0) is 31.6 Å². The Bertz CT molecular complexity index is 491. The molecule has 0 saturated carbocycles. The van der Waals surface area contributed by atoms with Crippen LogP contribution >= 0.6 is 0 Å². The van der Waals surface area contributed by atoms with Crippen molar-refractivity contribution in [2.75, 3.05) is 20.1 Å². The number of hydrogen-bond acceptors (Lipinski definition) is 3. The maximum Gasteiger partial charge on any atom is 0.190 e. The Morgan fingerprint density at radius 1 is 1.17 bits per heavy atom. The van der Waals surface area contributed by atoms with Crippen molar-refractivity contribution in [2.24, 2.45) is 10.9 Å². The van der Waals surface area contributed by atoms with Gasteiger partial charge in [-0.25, -0.2) is 0 Å². The third kappa shape index (κ3) is 5.84. The fourth-order valence-corrected chi connectivity index (χ4v) is 2.96. The SMILES string of the molecule is CN=C(NCCCC(C)C)NCCc1nnc2n1CCCCC2. The first kappa shape index (κ1) is 17.8. The smallest absolute Gasteiger partial charge is 0.190 e. The number of aliphatic imine (C=N–C) groups is 1. The average Bonchev–Trinajstić information content (AvgIpc) is 2.77. The van der Waals surface area contributed by atoms with Gasteiger partial charge in [0, 0.05) is 39.5 Å². The maximum atomic E-state index is 4.37. The molecule has 1 aliphatic heterocycles. The first-order chi connectivity index (χ1) is 11.2. The molecular weight excluding hydrogens is 288 g/mol. The van der Waals surface area contributed by atoms with Crippen molar-refractivity contribution in [1.29, 1.82) is 0 Å². The van der Waals surface area contributed by atoms with Crippen LogP contribution in [0.3, 0.4) is 0 Å². The summed E-state index contributed by atoms with van der Waals surface area (Å²) in [6, 6.07) is 0. The van der Waals surface area contributed by atoms with E-state index >= 15 is 0 Å². The summed E-state index contributed by atoms with van der Waals surface area (Å²) in [6.07, 6.45) is 8.16. The summed E-state index contributed by atoms with van der Waals surface area (Å²) in [7, 11) is 1.82. The lowest BCUT2D eigenvalue weighted by Gasteiger charge is -2.12. The van der Waals surface area contributed by atoms with E-state index in [9.17, 15) is 0 Å². The molecular formula is C17H32N6. The van der Waals surface area contributed by atoms with Gasteiger partial charge in [0.05, 0.1) is 0 Å². The molecule has 1 aromatic rings. The Kier molecular flexibility index (Phi) is 7.36. The van der Waals surface area contributed by atoms with Crippen molar-refractivity contribution in [2.45, 2.75) is 65.3 Å². The van der Waals surface area contributed by atoms with Gasteiger partial charge < -0.3 is 15.2 Å². The zero-order valence-electron chi connectivity index (χ0n) is 14.9. The van der Waals surface area contributed by atoms with Crippen LogP contribution in [0.25, 0.3) is 0 Å². The van der Waals surface area contributed by atoms with Crippen molar-refractivity contribution in [3.8, 4) is 0 Å². The summed E-state index contributed by atoms with van der Waals surface area (Å²) in [5.74, 6) is 3.90. The molecule has 0 radical (unpaired) electrons. The van der Waals surface area contributed by atoms with Gasteiger partial charge in [0.15, 0.2) is 5.96 Å². The number of nitrogens with zero attached hydrogens (tertiary/aromatic N) is 4. The van der Waals surface area contributed by atoms with Crippen molar-refractivity contribution in [3.63, 3.8) is 0 Å². The standard InChI is InChI=1S/C17H32N6/c1-14(2)8-7-11-19-17(18-3)20-12-10-16-22-21-15-9-5-4-6-13-23(15)16/h14H,4-13H2,1-3H3,(H2,18,19,20). The number of fused-ring (bicyclic) bond motifs is 1. The van der Waals surface area contributed by atoms with Crippen LogP contribution in [-0.4, -0.2) is 40.9 Å². The predicted molar refractivity (Wildman–Crippen MR) is 94.7 cm³/mol. The number of aryl methyl sites for hydroxylation is 1. The largest absolute Gasteiger partial charge is 0.356 e. The molecule has 130 valence electrons. The highest BCUT2D eigenvalue weighted by Crippen LogP contribution is 2.14. The summed E-state index contributed by atoms with van der Waals surface area (Å²) < 4.78 is 2.31. The number of aromatic nitrogens is 3. The Morgan fingerprint density at radius 2 is 2.00 bits per heavy atom. The zero-order valence-corrected chi connectivity index (χ0v) is 14.9. The summed E-state index contributed by atoms with van der Waals surface area (Å²) in [5, 5.41) is 15.5. The van der Waals surface area contributed by atoms with Gasteiger partial charge in [0.2, 0.25) is 0 Å². The van der Waals surface area contributed by atoms with Crippen molar-refractivity contribution >= 4 is 5.96 Å². The van der Waals surface area contributed by atoms with Crippen LogP contribution in [0.4, 0.5) is 0 Å². The minimum atomic E-state index is 0.759. The van der Waals surface area contributed by atoms with E-state index in [2.05, 4.69) is 44.2 Å². The van der Waals surface area contributed by atoms with Crippen LogP contribution in [0.15, 0.2) is 4.99 Å². The van der Waals surface area contributed by atoms with Gasteiger partial charge in [-0.1, -0.05) is 20.3 Å². The van der Waals surface area contributed by atoms with E-state index in [-0.39, 0.29) is 0 Å². The van der Waals surface area contributed by atoms with Gasteiger partial charge in [0.1, 0.15) is 11.6 Å². The van der Waals surface area contributed by atoms with Gasteiger partial charge in [-0.15, -0.1) is 10.2 Å². The molecule has 1 aromatic heterocycles. The quantitative estimate of drug-likeness (QED) is 0.459. The van der Waals surface area contributed by atoms with Crippen molar-refractivity contribution < 1.29 is 0 Å². The fraction of sp³-hybridized carbons (Fsp3) is 0.824. The van der Waals surface area contributed by atoms with Gasteiger partial charge in [0.25, 0.3) is 0 Å². The normalized spacial score (nSPS) is 15.4. The highest BCUT2D eigenvalue weighted by Gasteiger charge is 2.14. The molecule has 2 heterocycles. The summed E-state index contributed by atoms with van der Waals surface area (Å²) >= 11 is 0. The molecule has 23 heavy (non-hydrogen) atoms. The Hall–Kier alpha value is -1.59. The van der Waals surface area contributed by atoms with Gasteiger partial charge in [-0.2, -0.15) is 0 Å². The fourth-order valence-electron chi connectivity index (χ4n) is 2.96. The molecule has 0 atom stereocenters. The summed E-state index contributed by atoms with van der Waals surface area (Å²) in [6.45, 7) is 7.39. The Morgan fingerprint density at radius 3 is 2.78 bits per heavy atom. The Labute approximate surface area is 140 Å². The summed E-state index contributed by atoms with van der Waals surface area (Å²) in [5.41, 5.74) is 0. The first-order valence-corrected chi connectivity index (χ1v) is 9.06. The highest BCUT2D eigenvalue weighted by atomic mass is 15.3. The highest BCUT2D eigenvalue weighted by molar-refractivity contribution is 5.79.